The van der Waals surface area contributed by atoms with Crippen LogP contribution < -0.4 is 5.73 Å². The fraction of sp³-hybridized carbons (Fsp3) is 0.409. The van der Waals surface area contributed by atoms with Crippen LogP contribution in [0.25, 0.3) is 0 Å². The van der Waals surface area contributed by atoms with Gasteiger partial charge in [-0.25, -0.2) is 0 Å². The van der Waals surface area contributed by atoms with Crippen molar-refractivity contribution < 1.29 is 9.90 Å². The highest BCUT2D eigenvalue weighted by atomic mass is 16.4. The van der Waals surface area contributed by atoms with Crippen LogP contribution in [0.5, 0.6) is 0 Å². The molecule has 0 saturated heterocycles. The number of aliphatic carboxylic acids is 1. The Hall–Kier alpha value is -2.13. The average molecular weight is 337 g/mol. The second kappa shape index (κ2) is 7.83. The number of carboxylic acid groups (broad SMARTS) is 1. The maximum Gasteiger partial charge on any atom is 0.303 e. The Kier molecular flexibility index (Phi) is 5.54. The van der Waals surface area contributed by atoms with Gasteiger partial charge in [0.1, 0.15) is 0 Å². The first-order valence-electron chi connectivity index (χ1n) is 9.10. The molecular weight excluding hydrogens is 310 g/mol. The monoisotopic (exact) mass is 337 g/mol. The van der Waals surface area contributed by atoms with Gasteiger partial charge in [-0.3, -0.25) is 4.79 Å². The summed E-state index contributed by atoms with van der Waals surface area (Å²) in [6, 6.07) is 21.0. The number of carbonyl (C=O) groups is 1. The predicted molar refractivity (Wildman–Crippen MR) is 100 cm³/mol. The lowest BCUT2D eigenvalue weighted by atomic mass is 9.81. The Bertz CT molecular complexity index is 634. The molecule has 25 heavy (non-hydrogen) atoms. The molecule has 1 fully saturated rings. The summed E-state index contributed by atoms with van der Waals surface area (Å²) in [5.74, 6) is 0.222. The van der Waals surface area contributed by atoms with Gasteiger partial charge >= 0.3 is 5.97 Å². The maximum absolute atomic E-state index is 11.4. The molecule has 0 amide bonds. The smallest absolute Gasteiger partial charge is 0.303 e. The van der Waals surface area contributed by atoms with Crippen molar-refractivity contribution in [1.29, 1.82) is 0 Å². The first kappa shape index (κ1) is 17.7. The highest BCUT2D eigenvalue weighted by Gasteiger charge is 2.45. The number of hydrogen-bond donors (Lipinski definition) is 2. The van der Waals surface area contributed by atoms with Crippen LogP contribution in [0.15, 0.2) is 60.7 Å². The summed E-state index contributed by atoms with van der Waals surface area (Å²) in [5, 5.41) is 9.37. The molecule has 0 spiro atoms. The fourth-order valence-corrected chi connectivity index (χ4v) is 4.54. The van der Waals surface area contributed by atoms with Crippen molar-refractivity contribution in [2.45, 2.75) is 32.1 Å². The highest BCUT2D eigenvalue weighted by Crippen LogP contribution is 2.49. The van der Waals surface area contributed by atoms with Crippen LogP contribution in [-0.4, -0.2) is 17.6 Å². The van der Waals surface area contributed by atoms with E-state index in [1.807, 2.05) is 12.1 Å². The summed E-state index contributed by atoms with van der Waals surface area (Å²) < 4.78 is 0. The van der Waals surface area contributed by atoms with E-state index in [1.165, 1.54) is 11.1 Å². The Balaban J connectivity index is 1.81. The lowest BCUT2D eigenvalue weighted by Crippen LogP contribution is -2.31. The van der Waals surface area contributed by atoms with E-state index >= 15 is 0 Å². The molecule has 3 heteroatoms. The van der Waals surface area contributed by atoms with Crippen LogP contribution in [0, 0.1) is 17.3 Å². The number of hydrogen-bond acceptors (Lipinski definition) is 2. The van der Waals surface area contributed by atoms with Crippen molar-refractivity contribution in [3.8, 4) is 0 Å². The van der Waals surface area contributed by atoms with Crippen molar-refractivity contribution in [3.63, 3.8) is 0 Å². The minimum atomic E-state index is -0.732. The zero-order valence-electron chi connectivity index (χ0n) is 14.6. The van der Waals surface area contributed by atoms with E-state index in [1.54, 1.807) is 0 Å². The molecule has 3 rings (SSSR count). The third kappa shape index (κ3) is 4.49. The van der Waals surface area contributed by atoms with E-state index in [0.29, 0.717) is 18.4 Å². The second-order valence-electron chi connectivity index (χ2n) is 7.58. The number of carboxylic acids is 1. The maximum atomic E-state index is 11.4. The fourth-order valence-electron chi connectivity index (χ4n) is 4.54. The second-order valence-corrected chi connectivity index (χ2v) is 7.58. The molecule has 0 aromatic heterocycles. The lowest BCUT2D eigenvalue weighted by Gasteiger charge is -2.25. The molecule has 1 aliphatic carbocycles. The number of nitrogens with two attached hydrogens (primary N) is 1. The zero-order valence-corrected chi connectivity index (χ0v) is 14.6. The molecule has 2 aromatic carbocycles. The van der Waals surface area contributed by atoms with Gasteiger partial charge in [0.05, 0.1) is 6.42 Å². The molecule has 1 aliphatic rings. The van der Waals surface area contributed by atoms with Gasteiger partial charge in [0.25, 0.3) is 0 Å². The molecule has 2 aromatic rings. The molecule has 3 N–H and O–H groups in total. The standard InChI is InChI=1S/C22H27NO2/c23-16-22(15-21(24)25)13-19(11-17-7-3-1-4-8-17)20(14-22)12-18-9-5-2-6-10-18/h1-10,19-20H,11-16,23H2,(H,24,25)/t19-,20-/m0/s1. The molecule has 132 valence electrons. The van der Waals surface area contributed by atoms with E-state index in [0.717, 1.165) is 25.7 Å². The van der Waals surface area contributed by atoms with Crippen LogP contribution in [0.2, 0.25) is 0 Å². The van der Waals surface area contributed by atoms with Crippen LogP contribution in [0.1, 0.15) is 30.4 Å². The average Bonchev–Trinajstić information content (AvgIpc) is 2.93. The topological polar surface area (TPSA) is 63.3 Å². The Morgan fingerprint density at radius 1 is 0.920 bits per heavy atom. The van der Waals surface area contributed by atoms with E-state index in [-0.39, 0.29) is 11.8 Å². The molecule has 2 atom stereocenters. The summed E-state index contributed by atoms with van der Waals surface area (Å²) in [5.41, 5.74) is 8.46. The van der Waals surface area contributed by atoms with Crippen molar-refractivity contribution in [1.82, 2.24) is 0 Å². The summed E-state index contributed by atoms with van der Waals surface area (Å²) in [6.07, 6.45) is 3.99. The van der Waals surface area contributed by atoms with Gasteiger partial charge in [-0.15, -0.1) is 0 Å². The van der Waals surface area contributed by atoms with Gasteiger partial charge in [-0.05, 0) is 60.6 Å². The minimum absolute atomic E-state index is 0.181. The Morgan fingerprint density at radius 3 is 1.72 bits per heavy atom. The van der Waals surface area contributed by atoms with E-state index in [4.69, 9.17) is 5.73 Å². The minimum Gasteiger partial charge on any atom is -0.481 e. The molecule has 1 saturated carbocycles. The molecule has 0 unspecified atom stereocenters. The normalized spacial score (nSPS) is 22.0. The van der Waals surface area contributed by atoms with Crippen LogP contribution in [0.4, 0.5) is 0 Å². The van der Waals surface area contributed by atoms with Crippen LogP contribution >= 0.6 is 0 Å². The molecule has 0 bridgehead atoms. The van der Waals surface area contributed by atoms with Gasteiger partial charge in [-0.2, -0.15) is 0 Å². The quantitative estimate of drug-likeness (QED) is 0.805. The molecule has 3 nitrogen and oxygen atoms in total. The summed E-state index contributed by atoms with van der Waals surface area (Å²) in [4.78, 5) is 11.4. The van der Waals surface area contributed by atoms with Crippen molar-refractivity contribution in [3.05, 3.63) is 71.8 Å². The summed E-state index contributed by atoms with van der Waals surface area (Å²) in [7, 11) is 0. The SMILES string of the molecule is NCC1(CC(=O)O)C[C@H](Cc2ccccc2)[C@@H](Cc2ccccc2)C1. The molecule has 0 heterocycles. The van der Waals surface area contributed by atoms with Gasteiger partial charge in [-0.1, -0.05) is 60.7 Å². The van der Waals surface area contributed by atoms with Gasteiger partial charge in [0.15, 0.2) is 0 Å². The molecular formula is C22H27NO2. The summed E-state index contributed by atoms with van der Waals surface area (Å²) >= 11 is 0. The number of rotatable bonds is 7. The summed E-state index contributed by atoms with van der Waals surface area (Å²) in [6.45, 7) is 0.454. The molecule has 0 radical (unpaired) electrons. The van der Waals surface area contributed by atoms with Crippen LogP contribution in [0.3, 0.4) is 0 Å². The Morgan fingerprint density at radius 2 is 1.36 bits per heavy atom. The highest BCUT2D eigenvalue weighted by molar-refractivity contribution is 5.67. The number of benzene rings is 2. The van der Waals surface area contributed by atoms with Crippen molar-refractivity contribution in [2.75, 3.05) is 6.54 Å². The van der Waals surface area contributed by atoms with Gasteiger partial charge < -0.3 is 10.8 Å². The first-order valence-corrected chi connectivity index (χ1v) is 9.10. The lowest BCUT2D eigenvalue weighted by molar-refractivity contribution is -0.139. The van der Waals surface area contributed by atoms with Crippen LogP contribution in [-0.2, 0) is 17.6 Å². The third-order valence-corrected chi connectivity index (χ3v) is 5.70. The van der Waals surface area contributed by atoms with Gasteiger partial charge in [0, 0.05) is 0 Å². The Labute approximate surface area is 149 Å². The largest absolute Gasteiger partial charge is 0.481 e. The van der Waals surface area contributed by atoms with Gasteiger partial charge in [0.2, 0.25) is 0 Å². The molecule has 0 aliphatic heterocycles. The predicted octanol–water partition coefficient (Wildman–Crippen LogP) is 3.92. The zero-order chi connectivity index (χ0) is 17.7. The van der Waals surface area contributed by atoms with Crippen molar-refractivity contribution >= 4 is 5.97 Å². The third-order valence-electron chi connectivity index (χ3n) is 5.70. The van der Waals surface area contributed by atoms with Crippen molar-refractivity contribution in [2.24, 2.45) is 23.0 Å². The van der Waals surface area contributed by atoms with E-state index in [2.05, 4.69) is 48.5 Å². The van der Waals surface area contributed by atoms with E-state index < -0.39 is 5.97 Å². The van der Waals surface area contributed by atoms with E-state index in [9.17, 15) is 9.90 Å². The first-order chi connectivity index (χ1) is 12.1.